The minimum atomic E-state index is -0.0831. The highest BCUT2D eigenvalue weighted by atomic mass is 14.5. The van der Waals surface area contributed by atoms with E-state index in [2.05, 4.69) is 6.92 Å². The topological polar surface area (TPSA) is 0 Å². The van der Waals surface area contributed by atoms with Gasteiger partial charge in [-0.2, -0.15) is 0 Å². The van der Waals surface area contributed by atoms with E-state index in [4.69, 9.17) is 1.37 Å². The Morgan fingerprint density at radius 3 is 2.57 bits per heavy atom. The fraction of sp³-hybridized carbons (Fsp3) is 1.00. The standard InChI is InChI=1S/C14H24/c1-10-5-4-8-13-12-7-3-2-6-11(12)9-14(10)13/h10-14H,2-9H2,1H3/t10-,11?,12?,13?,14?/m0/s1/i10D. The lowest BCUT2D eigenvalue weighted by Crippen LogP contribution is -2.26. The third-order valence-electron chi connectivity index (χ3n) is 5.33. The maximum absolute atomic E-state index is 8.50. The first-order chi connectivity index (χ1) is 7.18. The zero-order chi connectivity index (χ0) is 10.5. The summed E-state index contributed by atoms with van der Waals surface area (Å²) in [7, 11) is 0. The predicted molar refractivity (Wildman–Crippen MR) is 60.1 cm³/mol. The predicted octanol–water partition coefficient (Wildman–Crippen LogP) is 4.25. The Morgan fingerprint density at radius 2 is 1.64 bits per heavy atom. The molecular formula is C14H24. The minimum Gasteiger partial charge on any atom is -0.0622 e. The summed E-state index contributed by atoms with van der Waals surface area (Å²) < 4.78 is 8.50. The summed E-state index contributed by atoms with van der Waals surface area (Å²) in [5.74, 6) is 3.64. The van der Waals surface area contributed by atoms with Gasteiger partial charge in [0.05, 0.1) is 0 Å². The summed E-state index contributed by atoms with van der Waals surface area (Å²) >= 11 is 0. The Kier molecular flexibility index (Phi) is 2.07. The molecule has 0 radical (unpaired) electrons. The van der Waals surface area contributed by atoms with Crippen LogP contribution in [0.3, 0.4) is 0 Å². The van der Waals surface area contributed by atoms with Crippen molar-refractivity contribution in [2.75, 3.05) is 0 Å². The molecule has 0 aromatic heterocycles. The number of rotatable bonds is 0. The molecular weight excluding hydrogens is 168 g/mol. The van der Waals surface area contributed by atoms with Crippen LogP contribution in [-0.2, 0) is 0 Å². The molecule has 0 N–H and O–H groups in total. The third kappa shape index (κ3) is 1.33. The summed E-state index contributed by atoms with van der Waals surface area (Å²) in [4.78, 5) is 0. The summed E-state index contributed by atoms with van der Waals surface area (Å²) in [6.45, 7) is 2.21. The van der Waals surface area contributed by atoms with Crippen LogP contribution >= 0.6 is 0 Å². The van der Waals surface area contributed by atoms with Crippen molar-refractivity contribution in [3.05, 3.63) is 0 Å². The Morgan fingerprint density at radius 1 is 0.857 bits per heavy atom. The van der Waals surface area contributed by atoms with Crippen molar-refractivity contribution in [2.45, 2.75) is 58.3 Å². The van der Waals surface area contributed by atoms with Gasteiger partial charge < -0.3 is 0 Å². The van der Waals surface area contributed by atoms with Gasteiger partial charge in [0.2, 0.25) is 0 Å². The average Bonchev–Trinajstić information content (AvgIpc) is 2.58. The summed E-state index contributed by atoms with van der Waals surface area (Å²) in [6, 6.07) is 0. The summed E-state index contributed by atoms with van der Waals surface area (Å²) in [6.07, 6.45) is 11.2. The Labute approximate surface area is 89.9 Å². The lowest BCUT2D eigenvalue weighted by molar-refractivity contribution is 0.148. The lowest BCUT2D eigenvalue weighted by Gasteiger charge is -2.35. The van der Waals surface area contributed by atoms with Crippen LogP contribution in [0, 0.1) is 29.6 Å². The first-order valence-electron chi connectivity index (χ1n) is 7.18. The van der Waals surface area contributed by atoms with Gasteiger partial charge in [0.1, 0.15) is 0 Å². The molecule has 14 heavy (non-hydrogen) atoms. The van der Waals surface area contributed by atoms with Gasteiger partial charge in [0, 0.05) is 1.37 Å². The molecule has 0 amide bonds. The molecule has 0 aromatic carbocycles. The zero-order valence-corrected chi connectivity index (χ0v) is 9.47. The molecule has 0 bridgehead atoms. The van der Waals surface area contributed by atoms with Crippen LogP contribution in [0.2, 0.25) is 0 Å². The monoisotopic (exact) mass is 193 g/mol. The molecule has 3 aliphatic rings. The second kappa shape index (κ2) is 3.54. The van der Waals surface area contributed by atoms with Gasteiger partial charge in [-0.3, -0.25) is 0 Å². The van der Waals surface area contributed by atoms with Crippen LogP contribution in [0.15, 0.2) is 0 Å². The quantitative estimate of drug-likeness (QED) is 0.539. The molecule has 4 unspecified atom stereocenters. The smallest absolute Gasteiger partial charge is 0.0303 e. The molecule has 0 saturated heterocycles. The van der Waals surface area contributed by atoms with E-state index in [1.165, 1.54) is 44.9 Å². The van der Waals surface area contributed by atoms with Crippen molar-refractivity contribution in [3.63, 3.8) is 0 Å². The van der Waals surface area contributed by atoms with Gasteiger partial charge in [-0.1, -0.05) is 39.0 Å². The van der Waals surface area contributed by atoms with E-state index in [1.807, 2.05) is 0 Å². The zero-order valence-electron chi connectivity index (χ0n) is 10.5. The van der Waals surface area contributed by atoms with Gasteiger partial charge in [-0.25, -0.2) is 0 Å². The summed E-state index contributed by atoms with van der Waals surface area (Å²) in [5, 5.41) is 0. The fourth-order valence-corrected chi connectivity index (χ4v) is 4.68. The maximum Gasteiger partial charge on any atom is 0.0303 e. The highest BCUT2D eigenvalue weighted by Gasteiger charge is 2.46. The van der Waals surface area contributed by atoms with E-state index >= 15 is 0 Å². The molecule has 3 aliphatic carbocycles. The first kappa shape index (κ1) is 8.19. The van der Waals surface area contributed by atoms with Crippen molar-refractivity contribution in [1.29, 1.82) is 0 Å². The fourth-order valence-electron chi connectivity index (χ4n) is 4.68. The number of fused-ring (bicyclic) bond motifs is 3. The number of hydrogen-bond donors (Lipinski definition) is 0. The Hall–Kier alpha value is 0. The highest BCUT2D eigenvalue weighted by molar-refractivity contribution is 4.96. The van der Waals surface area contributed by atoms with Crippen LogP contribution in [0.5, 0.6) is 0 Å². The van der Waals surface area contributed by atoms with Gasteiger partial charge in [-0.15, -0.1) is 0 Å². The van der Waals surface area contributed by atoms with Gasteiger partial charge in [0.15, 0.2) is 0 Å². The Balaban J connectivity index is 1.83. The van der Waals surface area contributed by atoms with Gasteiger partial charge >= 0.3 is 0 Å². The van der Waals surface area contributed by atoms with E-state index < -0.39 is 0 Å². The molecule has 3 fully saturated rings. The Bertz CT molecular complexity index is 246. The molecule has 3 rings (SSSR count). The highest BCUT2D eigenvalue weighted by Crippen LogP contribution is 2.55. The second-order valence-corrected chi connectivity index (χ2v) is 5.95. The first-order valence-corrected chi connectivity index (χ1v) is 6.68. The van der Waals surface area contributed by atoms with E-state index in [0.29, 0.717) is 0 Å². The third-order valence-corrected chi connectivity index (χ3v) is 5.33. The van der Waals surface area contributed by atoms with Crippen molar-refractivity contribution in [3.8, 4) is 0 Å². The molecule has 0 aliphatic heterocycles. The second-order valence-electron chi connectivity index (χ2n) is 5.95. The van der Waals surface area contributed by atoms with Crippen LogP contribution in [0.4, 0.5) is 0 Å². The molecule has 0 nitrogen and oxygen atoms in total. The molecule has 0 heterocycles. The van der Waals surface area contributed by atoms with Crippen molar-refractivity contribution < 1.29 is 1.37 Å². The van der Waals surface area contributed by atoms with Crippen LogP contribution in [0.25, 0.3) is 0 Å². The van der Waals surface area contributed by atoms with Crippen molar-refractivity contribution >= 4 is 0 Å². The SMILES string of the molecule is [2H][C@]1(C)CCCC2C3CCCCC3CC21. The molecule has 80 valence electrons. The van der Waals surface area contributed by atoms with Gasteiger partial charge in [-0.05, 0) is 48.8 Å². The van der Waals surface area contributed by atoms with Crippen molar-refractivity contribution in [2.24, 2.45) is 29.6 Å². The maximum atomic E-state index is 8.50. The van der Waals surface area contributed by atoms with Crippen LogP contribution < -0.4 is 0 Å². The molecule has 0 spiro atoms. The molecule has 5 atom stereocenters. The van der Waals surface area contributed by atoms with Crippen molar-refractivity contribution in [1.82, 2.24) is 0 Å². The van der Waals surface area contributed by atoms with E-state index in [1.54, 1.807) is 0 Å². The number of hydrogen-bond acceptors (Lipinski definition) is 0. The van der Waals surface area contributed by atoms with E-state index in [-0.39, 0.29) is 5.89 Å². The van der Waals surface area contributed by atoms with E-state index in [0.717, 1.165) is 30.1 Å². The average molecular weight is 193 g/mol. The van der Waals surface area contributed by atoms with Gasteiger partial charge in [0.25, 0.3) is 0 Å². The molecule has 0 heteroatoms. The van der Waals surface area contributed by atoms with Crippen LogP contribution in [-0.4, -0.2) is 0 Å². The lowest BCUT2D eigenvalue weighted by atomic mass is 9.70. The summed E-state index contributed by atoms with van der Waals surface area (Å²) in [5.41, 5.74) is 0. The van der Waals surface area contributed by atoms with Crippen LogP contribution in [0.1, 0.15) is 59.7 Å². The minimum absolute atomic E-state index is 0.0831. The normalized spacial score (nSPS) is 58.8. The molecule has 0 aromatic rings. The van der Waals surface area contributed by atoms with E-state index in [9.17, 15) is 0 Å². The molecule has 3 saturated carbocycles. The largest absolute Gasteiger partial charge is 0.0622 e.